The van der Waals surface area contributed by atoms with Gasteiger partial charge in [-0.2, -0.15) is 34.8 Å². The number of halogens is 6. The summed E-state index contributed by atoms with van der Waals surface area (Å²) in [5.41, 5.74) is 0. The highest BCUT2D eigenvalue weighted by atomic mass is 32.2. The Morgan fingerprint density at radius 3 is 1.93 bits per heavy atom. The lowest BCUT2D eigenvalue weighted by molar-refractivity contribution is -0.245. The van der Waals surface area contributed by atoms with E-state index in [4.69, 9.17) is 9.66 Å². The molecule has 0 amide bonds. The average Bonchev–Trinajstić information content (AvgIpc) is 2.61. The number of aliphatic hydroxyl groups is 1. The Morgan fingerprint density at radius 2 is 1.44 bits per heavy atom. The van der Waals surface area contributed by atoms with Gasteiger partial charge in [0, 0.05) is 20.2 Å². The number of aliphatic hydroxyl groups excluding tert-OH is 1. The molecule has 14 heteroatoms. The molecule has 3 atom stereocenters. The van der Waals surface area contributed by atoms with Crippen LogP contribution in [0.15, 0.2) is 0 Å². The van der Waals surface area contributed by atoms with E-state index in [9.17, 15) is 39.0 Å². The Morgan fingerprint density at radius 1 is 0.963 bits per heavy atom. The lowest BCUT2D eigenvalue weighted by Crippen LogP contribution is -2.62. The van der Waals surface area contributed by atoms with Gasteiger partial charge in [-0.15, -0.1) is 0 Å². The summed E-state index contributed by atoms with van der Waals surface area (Å²) in [6, 6.07) is 0. The van der Waals surface area contributed by atoms with Crippen molar-refractivity contribution in [2.75, 3.05) is 20.2 Å². The maximum absolute atomic E-state index is 13.9. The van der Waals surface area contributed by atoms with Crippen LogP contribution in [-0.2, 0) is 21.1 Å². The standard InChI is InChI=1S/C12H17F6NO4S2.CH4O/c13-10(14,12(17,18)25(21,22)23)11(15,16)24(20)19-6-5-8-3-1-2-4-9(8)7-19;1-2/h8-9H,1-7H2,(H,21,22,23);2H,1H3. The molecule has 2 N–H and O–H groups in total. The predicted octanol–water partition coefficient (Wildman–Crippen LogP) is 2.48. The molecule has 2 rings (SSSR count). The first-order valence-electron chi connectivity index (χ1n) is 7.95. The minimum absolute atomic E-state index is 0.155. The molecule has 3 unspecified atom stereocenters. The highest BCUT2D eigenvalue weighted by Gasteiger charge is 2.80. The molecule has 0 aromatic carbocycles. The van der Waals surface area contributed by atoms with E-state index in [0.717, 1.165) is 26.4 Å². The maximum Gasteiger partial charge on any atom is 0.439 e. The largest absolute Gasteiger partial charge is 0.439 e. The molecule has 2 aliphatic rings. The molecular weight excluding hydrogens is 428 g/mol. The minimum atomic E-state index is -6.84. The predicted molar refractivity (Wildman–Crippen MR) is 84.3 cm³/mol. The summed E-state index contributed by atoms with van der Waals surface area (Å²) in [5.74, 6) is -6.53. The van der Waals surface area contributed by atoms with Crippen molar-refractivity contribution in [3.05, 3.63) is 0 Å². The summed E-state index contributed by atoms with van der Waals surface area (Å²) in [7, 11) is -9.73. The normalized spacial score (nSPS) is 26.6. The van der Waals surface area contributed by atoms with E-state index in [0.29, 0.717) is 17.1 Å². The Balaban J connectivity index is 0.00000176. The molecule has 1 aliphatic carbocycles. The highest BCUT2D eigenvalue weighted by molar-refractivity contribution is 7.87. The quantitative estimate of drug-likeness (QED) is 0.497. The van der Waals surface area contributed by atoms with Crippen LogP contribution in [0, 0.1) is 11.8 Å². The molecule has 2 fully saturated rings. The van der Waals surface area contributed by atoms with Gasteiger partial charge in [-0.25, -0.2) is 8.51 Å². The van der Waals surface area contributed by atoms with Gasteiger partial charge in [0.15, 0.2) is 11.0 Å². The summed E-state index contributed by atoms with van der Waals surface area (Å²) in [6.07, 6.45) is 3.51. The van der Waals surface area contributed by atoms with Crippen molar-refractivity contribution in [1.29, 1.82) is 0 Å². The van der Waals surface area contributed by atoms with Crippen molar-refractivity contribution in [2.45, 2.75) is 48.5 Å². The molecule has 0 aromatic heterocycles. The third-order valence-corrected chi connectivity index (χ3v) is 7.16. The first-order valence-corrected chi connectivity index (χ1v) is 10.5. The van der Waals surface area contributed by atoms with Crippen LogP contribution in [0.1, 0.15) is 32.1 Å². The van der Waals surface area contributed by atoms with Crippen LogP contribution in [0.5, 0.6) is 0 Å². The van der Waals surface area contributed by atoms with E-state index in [-0.39, 0.29) is 24.9 Å². The third kappa shape index (κ3) is 4.43. The number of piperidine rings is 1. The van der Waals surface area contributed by atoms with E-state index in [1.54, 1.807) is 0 Å². The van der Waals surface area contributed by atoms with Crippen LogP contribution in [0.25, 0.3) is 0 Å². The topological polar surface area (TPSA) is 94.9 Å². The van der Waals surface area contributed by atoms with Gasteiger partial charge in [0.25, 0.3) is 0 Å². The minimum Gasteiger partial charge on any atom is -0.400 e. The lowest BCUT2D eigenvalue weighted by atomic mass is 9.76. The monoisotopic (exact) mass is 449 g/mol. The van der Waals surface area contributed by atoms with Crippen molar-refractivity contribution in [2.24, 2.45) is 11.8 Å². The van der Waals surface area contributed by atoms with Gasteiger partial charge in [-0.3, -0.25) is 4.55 Å². The van der Waals surface area contributed by atoms with Crippen molar-refractivity contribution in [3.8, 4) is 0 Å². The molecular formula is C13H21F6NO5S2. The van der Waals surface area contributed by atoms with Gasteiger partial charge in [-0.1, -0.05) is 19.3 Å². The Hall–Kier alpha value is -0.440. The molecule has 0 bridgehead atoms. The van der Waals surface area contributed by atoms with Crippen molar-refractivity contribution in [3.63, 3.8) is 0 Å². The molecule has 1 aliphatic heterocycles. The zero-order valence-electron chi connectivity index (χ0n) is 14.3. The smallest absolute Gasteiger partial charge is 0.400 e. The summed E-state index contributed by atoms with van der Waals surface area (Å²) >= 11 is 0. The molecule has 1 heterocycles. The van der Waals surface area contributed by atoms with Crippen LogP contribution in [-0.4, -0.2) is 63.2 Å². The fraction of sp³-hybridized carbons (Fsp3) is 1.00. The molecule has 0 aromatic rings. The van der Waals surface area contributed by atoms with Gasteiger partial charge >= 0.3 is 26.5 Å². The molecule has 27 heavy (non-hydrogen) atoms. The van der Waals surface area contributed by atoms with Gasteiger partial charge in [0.2, 0.25) is 0 Å². The summed E-state index contributed by atoms with van der Waals surface area (Å²) in [5, 5.41) is -5.36. The Kier molecular flexibility index (Phi) is 7.75. The van der Waals surface area contributed by atoms with E-state index in [2.05, 4.69) is 0 Å². The van der Waals surface area contributed by atoms with Crippen molar-refractivity contribution >= 4 is 21.1 Å². The molecule has 1 saturated carbocycles. The Labute approximate surface area is 155 Å². The fourth-order valence-corrected chi connectivity index (χ4v) is 5.11. The zero-order valence-corrected chi connectivity index (χ0v) is 15.9. The molecule has 0 spiro atoms. The van der Waals surface area contributed by atoms with Crippen LogP contribution in [0.2, 0.25) is 0 Å². The molecule has 6 nitrogen and oxygen atoms in total. The number of fused-ring (bicyclic) bond motifs is 1. The lowest BCUT2D eigenvalue weighted by Gasteiger charge is -2.42. The van der Waals surface area contributed by atoms with Gasteiger partial charge in [-0.05, 0) is 24.7 Å². The third-order valence-electron chi connectivity index (χ3n) is 4.76. The van der Waals surface area contributed by atoms with Crippen molar-refractivity contribution < 1.29 is 48.6 Å². The second kappa shape index (κ2) is 8.51. The van der Waals surface area contributed by atoms with Gasteiger partial charge < -0.3 is 5.11 Å². The number of rotatable bonds is 5. The second-order valence-corrected chi connectivity index (χ2v) is 9.30. The Bertz CT molecular complexity index is 645. The second-order valence-electron chi connectivity index (χ2n) is 6.31. The van der Waals surface area contributed by atoms with Crippen LogP contribution < -0.4 is 0 Å². The van der Waals surface area contributed by atoms with E-state index in [1.807, 2.05) is 0 Å². The van der Waals surface area contributed by atoms with E-state index in [1.165, 1.54) is 0 Å². The van der Waals surface area contributed by atoms with Crippen molar-refractivity contribution in [1.82, 2.24) is 4.31 Å². The van der Waals surface area contributed by atoms with Gasteiger partial charge in [0.1, 0.15) is 0 Å². The SMILES string of the molecule is CO.O=S(N1CCC2CCCCC2C1)C(F)(F)C(F)(F)C(F)(F)S(=O)(=O)O. The number of hydrogen-bond donors (Lipinski definition) is 2. The van der Waals surface area contributed by atoms with E-state index < -0.39 is 37.5 Å². The maximum atomic E-state index is 13.9. The van der Waals surface area contributed by atoms with E-state index >= 15 is 0 Å². The van der Waals surface area contributed by atoms with Crippen LogP contribution >= 0.6 is 0 Å². The summed E-state index contributed by atoms with van der Waals surface area (Å²) in [4.78, 5) is 0. The average molecular weight is 449 g/mol. The first kappa shape index (κ1) is 24.6. The number of nitrogens with zero attached hydrogens (tertiary/aromatic N) is 1. The van der Waals surface area contributed by atoms with Gasteiger partial charge in [0.05, 0.1) is 0 Å². The highest BCUT2D eigenvalue weighted by Crippen LogP contribution is 2.50. The molecule has 0 radical (unpaired) electrons. The zero-order chi connectivity index (χ0) is 21.3. The number of hydrogen-bond acceptors (Lipinski definition) is 4. The first-order chi connectivity index (χ1) is 12.2. The number of alkyl halides is 6. The summed E-state index contributed by atoms with van der Waals surface area (Å²) < 4.78 is 123. The van der Waals surface area contributed by atoms with Crippen LogP contribution in [0.3, 0.4) is 0 Å². The molecule has 1 saturated heterocycles. The summed E-state index contributed by atoms with van der Waals surface area (Å²) in [6.45, 7) is -0.475. The molecule has 162 valence electrons. The van der Waals surface area contributed by atoms with Crippen LogP contribution in [0.4, 0.5) is 26.3 Å². The fourth-order valence-electron chi connectivity index (χ4n) is 3.32.